The van der Waals surface area contributed by atoms with Gasteiger partial charge in [-0.25, -0.2) is 8.78 Å². The Bertz CT molecular complexity index is 656. The predicted octanol–water partition coefficient (Wildman–Crippen LogP) is 4.19. The van der Waals surface area contributed by atoms with Gasteiger partial charge in [-0.2, -0.15) is 0 Å². The second kappa shape index (κ2) is 6.49. The lowest BCUT2D eigenvalue weighted by molar-refractivity contribution is -0.385. The third-order valence-electron chi connectivity index (χ3n) is 2.77. The largest absolute Gasteiger partial charge is 0.483 e. The summed E-state index contributed by atoms with van der Waals surface area (Å²) >= 11 is 5.50. The van der Waals surface area contributed by atoms with Crippen LogP contribution < -0.4 is 4.74 Å². The third-order valence-corrected chi connectivity index (χ3v) is 3.08. The molecule has 0 atom stereocenters. The van der Waals surface area contributed by atoms with Crippen LogP contribution in [0.2, 0.25) is 0 Å². The Morgan fingerprint density at radius 1 is 1.19 bits per heavy atom. The molecule has 0 aliphatic rings. The monoisotopic (exact) mass is 313 g/mol. The van der Waals surface area contributed by atoms with Crippen LogP contribution in [0.3, 0.4) is 0 Å². The first-order chi connectivity index (χ1) is 10.0. The lowest BCUT2D eigenvalue weighted by Crippen LogP contribution is -2.03. The molecule has 0 N–H and O–H groups in total. The summed E-state index contributed by atoms with van der Waals surface area (Å²) in [4.78, 5) is 10.3. The molecule has 0 unspecified atom stereocenters. The molecule has 0 radical (unpaired) electrons. The summed E-state index contributed by atoms with van der Waals surface area (Å²) in [7, 11) is 0. The lowest BCUT2D eigenvalue weighted by Gasteiger charge is -2.09. The van der Waals surface area contributed by atoms with Gasteiger partial charge in [0.2, 0.25) is 0 Å². The topological polar surface area (TPSA) is 52.4 Å². The minimum absolute atomic E-state index is 0.0295. The zero-order valence-electron chi connectivity index (χ0n) is 10.7. The zero-order valence-corrected chi connectivity index (χ0v) is 11.4. The summed E-state index contributed by atoms with van der Waals surface area (Å²) in [5, 5.41) is 10.8. The van der Waals surface area contributed by atoms with Crippen molar-refractivity contribution in [3.8, 4) is 5.75 Å². The molecule has 4 nitrogen and oxygen atoms in total. The maximum Gasteiger partial charge on any atom is 0.276 e. The molecule has 2 aromatic rings. The van der Waals surface area contributed by atoms with E-state index in [2.05, 4.69) is 0 Å². The number of rotatable bonds is 5. The van der Waals surface area contributed by atoms with Gasteiger partial charge in [-0.15, -0.1) is 11.6 Å². The van der Waals surface area contributed by atoms with E-state index in [9.17, 15) is 18.9 Å². The molecule has 0 saturated heterocycles. The molecule has 21 heavy (non-hydrogen) atoms. The van der Waals surface area contributed by atoms with Gasteiger partial charge < -0.3 is 4.74 Å². The van der Waals surface area contributed by atoms with Gasteiger partial charge in [-0.1, -0.05) is 12.1 Å². The molecule has 0 aliphatic heterocycles. The Morgan fingerprint density at radius 2 is 1.81 bits per heavy atom. The van der Waals surface area contributed by atoms with Gasteiger partial charge in [0.15, 0.2) is 17.4 Å². The molecule has 0 aliphatic carbocycles. The fourth-order valence-electron chi connectivity index (χ4n) is 1.79. The van der Waals surface area contributed by atoms with Crippen LogP contribution in [-0.2, 0) is 12.5 Å². The second-order valence-corrected chi connectivity index (χ2v) is 4.46. The number of hydrogen-bond donors (Lipinski definition) is 0. The summed E-state index contributed by atoms with van der Waals surface area (Å²) in [6.45, 7) is -0.314. The molecule has 2 aromatic carbocycles. The van der Waals surface area contributed by atoms with Crippen molar-refractivity contribution in [3.63, 3.8) is 0 Å². The Balaban J connectivity index is 2.23. The summed E-state index contributed by atoms with van der Waals surface area (Å²) in [6, 6.07) is 7.95. The average molecular weight is 314 g/mol. The maximum atomic E-state index is 13.7. The van der Waals surface area contributed by atoms with Crippen molar-refractivity contribution >= 4 is 17.3 Å². The average Bonchev–Trinajstić information content (AvgIpc) is 2.46. The van der Waals surface area contributed by atoms with E-state index in [1.807, 2.05) is 0 Å². The molecule has 0 heterocycles. The van der Waals surface area contributed by atoms with Crippen molar-refractivity contribution in [1.82, 2.24) is 0 Å². The molecule has 110 valence electrons. The fourth-order valence-corrected chi connectivity index (χ4v) is 1.94. The number of para-hydroxylation sites is 1. The van der Waals surface area contributed by atoms with E-state index in [4.69, 9.17) is 16.3 Å². The van der Waals surface area contributed by atoms with Crippen LogP contribution in [0, 0.1) is 21.7 Å². The molecule has 2 rings (SSSR count). The van der Waals surface area contributed by atoms with Crippen molar-refractivity contribution in [1.29, 1.82) is 0 Å². The Morgan fingerprint density at radius 3 is 2.38 bits per heavy atom. The summed E-state index contributed by atoms with van der Waals surface area (Å²) in [5.41, 5.74) is 0.336. The van der Waals surface area contributed by atoms with Crippen LogP contribution in [0.1, 0.15) is 11.1 Å². The van der Waals surface area contributed by atoms with E-state index in [1.54, 1.807) is 6.07 Å². The molecule has 0 spiro atoms. The van der Waals surface area contributed by atoms with Crippen LogP contribution in [0.25, 0.3) is 0 Å². The number of nitro groups is 1. The number of nitro benzene ring substituents is 1. The summed E-state index contributed by atoms with van der Waals surface area (Å²) in [6.07, 6.45) is 0. The van der Waals surface area contributed by atoms with Crippen molar-refractivity contribution in [3.05, 3.63) is 69.3 Å². The zero-order chi connectivity index (χ0) is 15.4. The normalized spacial score (nSPS) is 10.4. The highest BCUT2D eigenvalue weighted by atomic mass is 35.5. The molecule has 0 amide bonds. The highest BCUT2D eigenvalue weighted by Crippen LogP contribution is 2.26. The summed E-state index contributed by atoms with van der Waals surface area (Å²) in [5.74, 6) is -2.41. The van der Waals surface area contributed by atoms with E-state index in [1.165, 1.54) is 18.2 Å². The Kier molecular flexibility index (Phi) is 4.70. The van der Waals surface area contributed by atoms with Crippen LogP contribution in [0.15, 0.2) is 36.4 Å². The first kappa shape index (κ1) is 15.2. The van der Waals surface area contributed by atoms with Crippen LogP contribution in [0.5, 0.6) is 5.75 Å². The Hall–Kier alpha value is -2.21. The van der Waals surface area contributed by atoms with Crippen molar-refractivity contribution in [2.45, 2.75) is 12.5 Å². The first-order valence-electron chi connectivity index (χ1n) is 5.92. The number of hydrogen-bond acceptors (Lipinski definition) is 3. The first-order valence-corrected chi connectivity index (χ1v) is 6.45. The maximum absolute atomic E-state index is 13.7. The molecular formula is C14H10ClF2NO3. The third kappa shape index (κ3) is 3.46. The summed E-state index contributed by atoms with van der Waals surface area (Å²) < 4.78 is 32.5. The molecular weight excluding hydrogens is 304 g/mol. The molecule has 0 fully saturated rings. The minimum atomic E-state index is -0.899. The number of benzene rings is 2. The van der Waals surface area contributed by atoms with E-state index >= 15 is 0 Å². The Labute approximate surface area is 124 Å². The quantitative estimate of drug-likeness (QED) is 0.472. The smallest absolute Gasteiger partial charge is 0.276 e. The minimum Gasteiger partial charge on any atom is -0.483 e. The van der Waals surface area contributed by atoms with Gasteiger partial charge in [0.1, 0.15) is 6.61 Å². The molecule has 7 heteroatoms. The van der Waals surface area contributed by atoms with Crippen LogP contribution in [-0.4, -0.2) is 4.92 Å². The highest BCUT2D eigenvalue weighted by molar-refractivity contribution is 6.17. The number of nitrogens with zero attached hydrogens (tertiary/aromatic N) is 1. The SMILES string of the molecule is O=[N+]([O-])c1ccccc1COc1c(F)cc(CCl)cc1F. The number of alkyl halides is 1. The molecule has 0 saturated carbocycles. The van der Waals surface area contributed by atoms with E-state index in [-0.39, 0.29) is 29.3 Å². The van der Waals surface area contributed by atoms with E-state index in [0.29, 0.717) is 0 Å². The van der Waals surface area contributed by atoms with Gasteiger partial charge in [0.25, 0.3) is 5.69 Å². The van der Waals surface area contributed by atoms with Gasteiger partial charge in [0.05, 0.1) is 10.5 Å². The van der Waals surface area contributed by atoms with Crippen molar-refractivity contribution in [2.24, 2.45) is 0 Å². The van der Waals surface area contributed by atoms with Crippen molar-refractivity contribution < 1.29 is 18.4 Å². The van der Waals surface area contributed by atoms with Gasteiger partial charge in [-0.05, 0) is 23.8 Å². The fraction of sp³-hybridized carbons (Fsp3) is 0.143. The van der Waals surface area contributed by atoms with Gasteiger partial charge in [-0.3, -0.25) is 10.1 Å². The van der Waals surface area contributed by atoms with Gasteiger partial charge >= 0.3 is 0 Å². The predicted molar refractivity (Wildman–Crippen MR) is 73.3 cm³/mol. The molecule has 0 aromatic heterocycles. The van der Waals surface area contributed by atoms with Crippen LogP contribution in [0.4, 0.5) is 14.5 Å². The van der Waals surface area contributed by atoms with E-state index in [0.717, 1.165) is 12.1 Å². The molecule has 0 bridgehead atoms. The second-order valence-electron chi connectivity index (χ2n) is 4.20. The number of halogens is 3. The highest BCUT2D eigenvalue weighted by Gasteiger charge is 2.16. The van der Waals surface area contributed by atoms with Crippen molar-refractivity contribution in [2.75, 3.05) is 0 Å². The lowest BCUT2D eigenvalue weighted by atomic mass is 10.2. The van der Waals surface area contributed by atoms with Gasteiger partial charge in [0, 0.05) is 11.9 Å². The van der Waals surface area contributed by atoms with Crippen LogP contribution >= 0.6 is 11.6 Å². The number of ether oxygens (including phenoxy) is 1. The van der Waals surface area contributed by atoms with E-state index < -0.39 is 22.3 Å². The standard InChI is InChI=1S/C14H10ClF2NO3/c15-7-9-5-11(16)14(12(17)6-9)21-8-10-3-1-2-4-13(10)18(19)20/h1-6H,7-8H2.